The summed E-state index contributed by atoms with van der Waals surface area (Å²) in [5, 5.41) is 30.6. The minimum absolute atomic E-state index is 0.0858. The molecule has 0 fully saturated rings. The largest absolute Gasteiger partial charge is 0.477 e. The molecule has 0 aliphatic carbocycles. The second-order valence-electron chi connectivity index (χ2n) is 3.58. The highest BCUT2D eigenvalue weighted by Gasteiger charge is 2.21. The van der Waals surface area contributed by atoms with Crippen LogP contribution in [0.4, 0.5) is 20.2 Å². The number of carboxylic acid groups (broad SMARTS) is 1. The minimum Gasteiger partial charge on any atom is -0.477 e. The number of aliphatic hydroxyl groups excluding tert-OH is 1. The van der Waals surface area contributed by atoms with Gasteiger partial charge in [0.1, 0.15) is 11.7 Å². The van der Waals surface area contributed by atoms with Crippen LogP contribution in [0, 0.1) is 10.1 Å². The standard InChI is InChI=1S/C10H10F2N2O5/c11-9(12)8(15)4-13-5-1-2-7(14(18)19)6(3-5)10(16)17/h1-3,8-9,13,15H,4H2,(H,16,17). The summed E-state index contributed by atoms with van der Waals surface area (Å²) in [4.78, 5) is 20.5. The van der Waals surface area contributed by atoms with Crippen LogP contribution in [0.3, 0.4) is 0 Å². The first-order valence-corrected chi connectivity index (χ1v) is 5.04. The lowest BCUT2D eigenvalue weighted by atomic mass is 10.1. The number of aromatic carboxylic acids is 1. The molecule has 7 nitrogen and oxygen atoms in total. The summed E-state index contributed by atoms with van der Waals surface area (Å²) >= 11 is 0. The molecule has 0 aliphatic heterocycles. The molecule has 0 aliphatic rings. The summed E-state index contributed by atoms with van der Waals surface area (Å²) in [5.41, 5.74) is -1.09. The highest BCUT2D eigenvalue weighted by atomic mass is 19.3. The maximum absolute atomic E-state index is 12.0. The number of rotatable bonds is 6. The van der Waals surface area contributed by atoms with Gasteiger partial charge in [0.25, 0.3) is 12.1 Å². The lowest BCUT2D eigenvalue weighted by Gasteiger charge is -2.12. The predicted octanol–water partition coefficient (Wildman–Crippen LogP) is 1.33. The molecule has 1 rings (SSSR count). The molecule has 1 atom stereocenters. The van der Waals surface area contributed by atoms with Gasteiger partial charge in [-0.1, -0.05) is 0 Å². The molecule has 0 radical (unpaired) electrons. The normalized spacial score (nSPS) is 12.2. The Kier molecular flexibility index (Phi) is 4.70. The van der Waals surface area contributed by atoms with Crippen LogP contribution in [-0.4, -0.2) is 40.2 Å². The van der Waals surface area contributed by atoms with E-state index in [9.17, 15) is 23.7 Å². The van der Waals surface area contributed by atoms with E-state index < -0.39 is 41.2 Å². The van der Waals surface area contributed by atoms with Gasteiger partial charge in [-0.3, -0.25) is 10.1 Å². The van der Waals surface area contributed by atoms with Crippen molar-refractivity contribution in [3.8, 4) is 0 Å². The number of nitrogens with zero attached hydrogens (tertiary/aromatic N) is 1. The van der Waals surface area contributed by atoms with E-state index in [0.29, 0.717) is 0 Å². The van der Waals surface area contributed by atoms with Crippen LogP contribution in [0.15, 0.2) is 18.2 Å². The molecule has 0 spiro atoms. The average Bonchev–Trinajstić information content (AvgIpc) is 2.35. The first-order valence-electron chi connectivity index (χ1n) is 5.04. The van der Waals surface area contributed by atoms with Gasteiger partial charge < -0.3 is 15.5 Å². The van der Waals surface area contributed by atoms with Crippen LogP contribution >= 0.6 is 0 Å². The van der Waals surface area contributed by atoms with Gasteiger partial charge in [0, 0.05) is 18.3 Å². The second-order valence-corrected chi connectivity index (χ2v) is 3.58. The van der Waals surface area contributed by atoms with Crippen molar-refractivity contribution >= 4 is 17.3 Å². The number of nitro groups is 1. The zero-order chi connectivity index (χ0) is 14.6. The average molecular weight is 276 g/mol. The SMILES string of the molecule is O=C(O)c1cc(NCC(O)C(F)F)ccc1[N+](=O)[O-]. The highest BCUT2D eigenvalue weighted by molar-refractivity contribution is 5.93. The number of halogens is 2. The summed E-state index contributed by atoms with van der Waals surface area (Å²) in [6.45, 7) is -0.505. The monoisotopic (exact) mass is 276 g/mol. The fourth-order valence-electron chi connectivity index (χ4n) is 1.29. The van der Waals surface area contributed by atoms with Gasteiger partial charge in [0.05, 0.1) is 4.92 Å². The number of hydrogen-bond acceptors (Lipinski definition) is 5. The summed E-state index contributed by atoms with van der Waals surface area (Å²) in [6, 6.07) is 3.06. The van der Waals surface area contributed by atoms with E-state index in [2.05, 4.69) is 5.32 Å². The molecule has 3 N–H and O–H groups in total. The van der Waals surface area contributed by atoms with Crippen LogP contribution in [0.1, 0.15) is 10.4 Å². The van der Waals surface area contributed by atoms with Crippen molar-refractivity contribution in [3.05, 3.63) is 33.9 Å². The number of nitro benzene ring substituents is 1. The van der Waals surface area contributed by atoms with Crippen molar-refractivity contribution in [3.63, 3.8) is 0 Å². The van der Waals surface area contributed by atoms with E-state index >= 15 is 0 Å². The van der Waals surface area contributed by atoms with Crippen molar-refractivity contribution in [2.24, 2.45) is 0 Å². The third-order valence-corrected chi connectivity index (χ3v) is 2.23. The number of carbonyl (C=O) groups is 1. The molecule has 0 bridgehead atoms. The fourth-order valence-corrected chi connectivity index (χ4v) is 1.29. The molecule has 19 heavy (non-hydrogen) atoms. The molecule has 0 amide bonds. The van der Waals surface area contributed by atoms with Gasteiger partial charge >= 0.3 is 5.97 Å². The number of carboxylic acids is 1. The number of benzene rings is 1. The number of nitrogens with one attached hydrogen (secondary N) is 1. The van der Waals surface area contributed by atoms with Gasteiger partial charge in [-0.05, 0) is 12.1 Å². The summed E-state index contributed by atoms with van der Waals surface area (Å²) in [5.74, 6) is -1.51. The zero-order valence-corrected chi connectivity index (χ0v) is 9.42. The molecular weight excluding hydrogens is 266 g/mol. The van der Waals surface area contributed by atoms with Gasteiger partial charge in [0.2, 0.25) is 0 Å². The lowest BCUT2D eigenvalue weighted by Crippen LogP contribution is -2.26. The molecule has 1 aromatic rings. The Labute approximate surface area is 105 Å². The van der Waals surface area contributed by atoms with Crippen molar-refractivity contribution in [2.45, 2.75) is 12.5 Å². The Morgan fingerprint density at radius 3 is 2.58 bits per heavy atom. The fraction of sp³-hybridized carbons (Fsp3) is 0.300. The van der Waals surface area contributed by atoms with E-state index in [1.54, 1.807) is 0 Å². The summed E-state index contributed by atoms with van der Waals surface area (Å²) in [6.07, 6.45) is -4.85. The molecule has 104 valence electrons. The molecule has 9 heteroatoms. The Hall–Kier alpha value is -2.29. The van der Waals surface area contributed by atoms with Crippen LogP contribution < -0.4 is 5.32 Å². The first-order chi connectivity index (χ1) is 8.82. The van der Waals surface area contributed by atoms with E-state index in [1.807, 2.05) is 0 Å². The van der Waals surface area contributed by atoms with Crippen LogP contribution in [0.25, 0.3) is 0 Å². The number of anilines is 1. The molecule has 1 unspecified atom stereocenters. The number of hydrogen-bond donors (Lipinski definition) is 3. The van der Waals surface area contributed by atoms with Gasteiger partial charge in [-0.25, -0.2) is 13.6 Å². The quantitative estimate of drug-likeness (QED) is 0.533. The van der Waals surface area contributed by atoms with E-state index in [-0.39, 0.29) is 5.69 Å². The van der Waals surface area contributed by atoms with E-state index in [0.717, 1.165) is 12.1 Å². The Balaban J connectivity index is 2.90. The predicted molar refractivity (Wildman–Crippen MR) is 60.6 cm³/mol. The van der Waals surface area contributed by atoms with E-state index in [4.69, 9.17) is 10.2 Å². The zero-order valence-electron chi connectivity index (χ0n) is 9.42. The molecular formula is C10H10F2N2O5. The molecule has 0 saturated heterocycles. The maximum atomic E-state index is 12.0. The van der Waals surface area contributed by atoms with Crippen LogP contribution in [0.5, 0.6) is 0 Å². The smallest absolute Gasteiger partial charge is 0.342 e. The number of aliphatic hydroxyl groups is 1. The number of alkyl halides is 2. The maximum Gasteiger partial charge on any atom is 0.342 e. The van der Waals surface area contributed by atoms with E-state index in [1.165, 1.54) is 6.07 Å². The van der Waals surface area contributed by atoms with Gasteiger partial charge in [-0.15, -0.1) is 0 Å². The molecule has 0 saturated carbocycles. The van der Waals surface area contributed by atoms with Crippen molar-refractivity contribution in [2.75, 3.05) is 11.9 Å². The molecule has 0 aromatic heterocycles. The highest BCUT2D eigenvalue weighted by Crippen LogP contribution is 2.22. The third-order valence-electron chi connectivity index (χ3n) is 2.23. The Morgan fingerprint density at radius 2 is 2.11 bits per heavy atom. The van der Waals surface area contributed by atoms with Gasteiger partial charge in [-0.2, -0.15) is 0 Å². The second kappa shape index (κ2) is 6.05. The topological polar surface area (TPSA) is 113 Å². The van der Waals surface area contributed by atoms with Crippen LogP contribution in [-0.2, 0) is 0 Å². The third kappa shape index (κ3) is 3.85. The van der Waals surface area contributed by atoms with Crippen molar-refractivity contribution in [1.82, 2.24) is 0 Å². The molecule has 1 aromatic carbocycles. The Bertz CT molecular complexity index is 495. The van der Waals surface area contributed by atoms with Crippen LogP contribution in [0.2, 0.25) is 0 Å². The van der Waals surface area contributed by atoms with Crippen molar-refractivity contribution in [1.29, 1.82) is 0 Å². The van der Waals surface area contributed by atoms with Crippen molar-refractivity contribution < 1.29 is 28.7 Å². The lowest BCUT2D eigenvalue weighted by molar-refractivity contribution is -0.385. The summed E-state index contributed by atoms with van der Waals surface area (Å²) < 4.78 is 24.1. The molecule has 0 heterocycles. The Morgan fingerprint density at radius 1 is 1.47 bits per heavy atom. The summed E-state index contributed by atoms with van der Waals surface area (Å²) in [7, 11) is 0. The van der Waals surface area contributed by atoms with Gasteiger partial charge in [0.15, 0.2) is 0 Å². The first kappa shape index (κ1) is 14.8. The minimum atomic E-state index is -2.94.